The van der Waals surface area contributed by atoms with Crippen molar-refractivity contribution in [1.29, 1.82) is 0 Å². The lowest BCUT2D eigenvalue weighted by atomic mass is 9.88. The van der Waals surface area contributed by atoms with Crippen LogP contribution in [-0.4, -0.2) is 44.9 Å². The molecular formula is C25H34N2O4. The molecule has 3 rings (SSSR count). The number of hydrogen-bond acceptors (Lipinski definition) is 5. The van der Waals surface area contributed by atoms with E-state index in [9.17, 15) is 4.79 Å². The second-order valence-corrected chi connectivity index (χ2v) is 7.92. The van der Waals surface area contributed by atoms with Crippen LogP contribution < -0.4 is 14.8 Å². The maximum Gasteiger partial charge on any atom is 0.409 e. The molecule has 1 saturated heterocycles. The minimum absolute atomic E-state index is 0.202. The van der Waals surface area contributed by atoms with E-state index in [1.807, 2.05) is 19.1 Å². The number of carbonyl (C=O) groups excluding carboxylic acids is 1. The van der Waals surface area contributed by atoms with Gasteiger partial charge in [-0.05, 0) is 67.5 Å². The van der Waals surface area contributed by atoms with Crippen molar-refractivity contribution in [2.45, 2.75) is 45.2 Å². The highest BCUT2D eigenvalue weighted by Gasteiger charge is 2.26. The number of benzene rings is 2. The molecule has 0 radical (unpaired) electrons. The van der Waals surface area contributed by atoms with Gasteiger partial charge in [-0.15, -0.1) is 0 Å². The quantitative estimate of drug-likeness (QED) is 0.651. The molecule has 0 saturated carbocycles. The van der Waals surface area contributed by atoms with Gasteiger partial charge in [0.15, 0.2) is 0 Å². The van der Waals surface area contributed by atoms with Crippen LogP contribution >= 0.6 is 0 Å². The fourth-order valence-electron chi connectivity index (χ4n) is 4.10. The van der Waals surface area contributed by atoms with Crippen molar-refractivity contribution in [3.05, 3.63) is 59.2 Å². The predicted molar refractivity (Wildman–Crippen MR) is 122 cm³/mol. The fraction of sp³-hybridized carbons (Fsp3) is 0.480. The second kappa shape index (κ2) is 11.0. The Bertz CT molecular complexity index is 862. The largest absolute Gasteiger partial charge is 0.497 e. The monoisotopic (exact) mass is 426 g/mol. The molecule has 168 valence electrons. The molecule has 0 spiro atoms. The number of nitrogens with zero attached hydrogens (tertiary/aromatic N) is 1. The van der Waals surface area contributed by atoms with Gasteiger partial charge in [0.05, 0.1) is 20.8 Å². The number of piperidine rings is 1. The average Bonchev–Trinajstić information content (AvgIpc) is 2.82. The molecule has 31 heavy (non-hydrogen) atoms. The van der Waals surface area contributed by atoms with E-state index in [1.54, 1.807) is 19.1 Å². The van der Waals surface area contributed by atoms with Crippen molar-refractivity contribution in [3.63, 3.8) is 0 Å². The van der Waals surface area contributed by atoms with Crippen LogP contribution in [-0.2, 0) is 11.3 Å². The summed E-state index contributed by atoms with van der Waals surface area (Å²) in [6, 6.07) is 14.8. The maximum atomic E-state index is 12.0. The van der Waals surface area contributed by atoms with Gasteiger partial charge in [-0.25, -0.2) is 4.79 Å². The lowest BCUT2D eigenvalue weighted by Gasteiger charge is -2.32. The summed E-state index contributed by atoms with van der Waals surface area (Å²) in [7, 11) is 3.41. The first kappa shape index (κ1) is 22.9. The van der Waals surface area contributed by atoms with E-state index in [-0.39, 0.29) is 12.1 Å². The number of likely N-dealkylation sites (tertiary alicyclic amines) is 1. The molecule has 0 aliphatic carbocycles. The molecule has 1 aliphatic heterocycles. The zero-order valence-electron chi connectivity index (χ0n) is 19.0. The van der Waals surface area contributed by atoms with Gasteiger partial charge in [0.1, 0.15) is 11.5 Å². The topological polar surface area (TPSA) is 60.0 Å². The molecule has 2 aromatic rings. The van der Waals surface area contributed by atoms with Crippen molar-refractivity contribution < 1.29 is 19.0 Å². The van der Waals surface area contributed by atoms with Crippen molar-refractivity contribution in [2.24, 2.45) is 0 Å². The number of nitrogens with one attached hydrogen (secondary N) is 1. The molecular weight excluding hydrogens is 392 g/mol. The molecule has 0 bridgehead atoms. The van der Waals surface area contributed by atoms with E-state index in [0.717, 1.165) is 30.9 Å². The summed E-state index contributed by atoms with van der Waals surface area (Å²) in [4.78, 5) is 13.8. The molecule has 0 aromatic heterocycles. The molecule has 1 amide bonds. The van der Waals surface area contributed by atoms with Gasteiger partial charge in [-0.1, -0.05) is 24.3 Å². The third-order valence-corrected chi connectivity index (χ3v) is 5.96. The van der Waals surface area contributed by atoms with Gasteiger partial charge in [0, 0.05) is 25.7 Å². The average molecular weight is 427 g/mol. The molecule has 2 aromatic carbocycles. The lowest BCUT2D eigenvalue weighted by Crippen LogP contribution is -2.38. The Morgan fingerprint density at radius 1 is 1.13 bits per heavy atom. The van der Waals surface area contributed by atoms with E-state index < -0.39 is 0 Å². The molecule has 1 N–H and O–H groups in total. The Labute approximate surface area is 185 Å². The Hall–Kier alpha value is -2.73. The highest BCUT2D eigenvalue weighted by atomic mass is 16.6. The number of amides is 1. The van der Waals surface area contributed by atoms with Gasteiger partial charge in [0.25, 0.3) is 0 Å². The second-order valence-electron chi connectivity index (χ2n) is 7.92. The van der Waals surface area contributed by atoms with Gasteiger partial charge >= 0.3 is 6.09 Å². The smallest absolute Gasteiger partial charge is 0.409 e. The Morgan fingerprint density at radius 3 is 2.58 bits per heavy atom. The van der Waals surface area contributed by atoms with Crippen LogP contribution in [0.25, 0.3) is 0 Å². The Balaban J connectivity index is 1.64. The lowest BCUT2D eigenvalue weighted by molar-refractivity contribution is 0.0969. The summed E-state index contributed by atoms with van der Waals surface area (Å²) < 4.78 is 16.1. The first-order valence-corrected chi connectivity index (χ1v) is 11.0. The van der Waals surface area contributed by atoms with Crippen LogP contribution in [0.3, 0.4) is 0 Å². The number of carbonyl (C=O) groups is 1. The van der Waals surface area contributed by atoms with Crippen molar-refractivity contribution in [3.8, 4) is 11.5 Å². The summed E-state index contributed by atoms with van der Waals surface area (Å²) in [6.07, 6.45) is 1.61. The fourth-order valence-corrected chi connectivity index (χ4v) is 4.10. The van der Waals surface area contributed by atoms with E-state index >= 15 is 0 Å². The van der Waals surface area contributed by atoms with Crippen molar-refractivity contribution >= 4 is 6.09 Å². The minimum atomic E-state index is -0.211. The first-order chi connectivity index (χ1) is 15.0. The van der Waals surface area contributed by atoms with Crippen LogP contribution in [0.2, 0.25) is 0 Å². The highest BCUT2D eigenvalue weighted by molar-refractivity contribution is 5.67. The molecule has 6 nitrogen and oxygen atoms in total. The van der Waals surface area contributed by atoms with Gasteiger partial charge < -0.3 is 24.4 Å². The number of hydrogen-bond donors (Lipinski definition) is 1. The molecule has 1 fully saturated rings. The van der Waals surface area contributed by atoms with E-state index in [4.69, 9.17) is 14.2 Å². The van der Waals surface area contributed by atoms with Crippen LogP contribution in [0.5, 0.6) is 11.5 Å². The van der Waals surface area contributed by atoms with E-state index in [1.165, 1.54) is 16.7 Å². The Kier molecular flexibility index (Phi) is 8.18. The van der Waals surface area contributed by atoms with Crippen molar-refractivity contribution in [1.82, 2.24) is 10.2 Å². The SMILES string of the molecule is CCOC(=O)N1CCC(c2cc(CN[C@H](C)c3cccc(OC)c3)ccc2OC)CC1. The van der Waals surface area contributed by atoms with E-state index in [0.29, 0.717) is 25.6 Å². The highest BCUT2D eigenvalue weighted by Crippen LogP contribution is 2.35. The van der Waals surface area contributed by atoms with Gasteiger partial charge in [-0.3, -0.25) is 0 Å². The van der Waals surface area contributed by atoms with Gasteiger partial charge in [-0.2, -0.15) is 0 Å². The number of ether oxygens (including phenoxy) is 3. The van der Waals surface area contributed by atoms with Crippen LogP contribution in [0.15, 0.2) is 42.5 Å². The van der Waals surface area contributed by atoms with Crippen LogP contribution in [0.1, 0.15) is 55.3 Å². The normalized spacial score (nSPS) is 15.4. The molecule has 6 heteroatoms. The third-order valence-electron chi connectivity index (χ3n) is 5.96. The first-order valence-electron chi connectivity index (χ1n) is 11.0. The molecule has 1 aliphatic rings. The number of methoxy groups -OCH3 is 2. The number of rotatable bonds is 8. The molecule has 0 unspecified atom stereocenters. The third kappa shape index (κ3) is 5.91. The molecule has 1 atom stereocenters. The predicted octanol–water partition coefficient (Wildman–Crippen LogP) is 4.89. The van der Waals surface area contributed by atoms with E-state index in [2.05, 4.69) is 42.6 Å². The maximum absolute atomic E-state index is 12.0. The molecule has 1 heterocycles. The summed E-state index contributed by atoms with van der Waals surface area (Å²) in [6.45, 7) is 6.59. The zero-order valence-corrected chi connectivity index (χ0v) is 19.0. The summed E-state index contributed by atoms with van der Waals surface area (Å²) in [5, 5.41) is 3.60. The van der Waals surface area contributed by atoms with Crippen LogP contribution in [0, 0.1) is 0 Å². The summed E-state index contributed by atoms with van der Waals surface area (Å²) in [5.41, 5.74) is 3.64. The van der Waals surface area contributed by atoms with Gasteiger partial charge in [0.2, 0.25) is 0 Å². The van der Waals surface area contributed by atoms with Crippen LogP contribution in [0.4, 0.5) is 4.79 Å². The van der Waals surface area contributed by atoms with Crippen molar-refractivity contribution in [2.75, 3.05) is 33.9 Å². The zero-order chi connectivity index (χ0) is 22.2. The summed E-state index contributed by atoms with van der Waals surface area (Å²) >= 11 is 0. The Morgan fingerprint density at radius 2 is 1.90 bits per heavy atom. The summed E-state index contributed by atoms with van der Waals surface area (Å²) in [5.74, 6) is 2.16. The standard InChI is InChI=1S/C25H34N2O4/c1-5-31-25(28)27-13-11-20(12-14-27)23-15-19(9-10-24(23)30-4)17-26-18(2)21-7-6-8-22(16-21)29-3/h6-10,15-16,18,20,26H,5,11-14,17H2,1-4H3/t18-/m1/s1. The minimum Gasteiger partial charge on any atom is -0.497 e.